The van der Waals surface area contributed by atoms with Crippen molar-refractivity contribution in [3.05, 3.63) is 89.9 Å². The number of rotatable bonds is 0. The molecule has 0 amide bonds. The highest BCUT2D eigenvalue weighted by molar-refractivity contribution is 7.12. The van der Waals surface area contributed by atoms with Gasteiger partial charge in [0.05, 0.1) is 16.1 Å². The van der Waals surface area contributed by atoms with Crippen LogP contribution in [0.5, 0.6) is 0 Å². The number of nitrogens with zero attached hydrogens (tertiary/aromatic N) is 6. The van der Waals surface area contributed by atoms with E-state index in [-0.39, 0.29) is 11.4 Å². The molecule has 6 rings (SSSR count). The molecule has 29 heavy (non-hydrogen) atoms. The van der Waals surface area contributed by atoms with Gasteiger partial charge in [-0.25, -0.2) is 9.97 Å². The molecule has 0 atom stereocenters. The molecule has 140 valence electrons. The normalized spacial score (nSPS) is 10.6. The summed E-state index contributed by atoms with van der Waals surface area (Å²) in [5.74, 6) is 0. The second-order valence-corrected chi connectivity index (χ2v) is 6.38. The molecular weight excluding hydrogens is 396 g/mol. The molecule has 0 saturated carbocycles. The maximum Gasteiger partial charge on any atom is 0.320 e. The molecule has 1 aromatic carbocycles. The van der Waals surface area contributed by atoms with Crippen LogP contribution >= 0.6 is 11.5 Å². The van der Waals surface area contributed by atoms with Crippen LogP contribution in [0.2, 0.25) is 0 Å². The maximum absolute atomic E-state index is 10.8. The molecule has 4 aliphatic rings. The summed E-state index contributed by atoms with van der Waals surface area (Å²) in [6.07, 6.45) is 2.91. The summed E-state index contributed by atoms with van der Waals surface area (Å²) in [4.78, 5) is 56.8. The molecular formula is C18H8N6O4S. The highest BCUT2D eigenvalue weighted by Crippen LogP contribution is 2.12. The van der Waals surface area contributed by atoms with Gasteiger partial charge in [-0.1, -0.05) is 16.6 Å². The average Bonchev–Trinajstić information content (AvgIpc) is 3.51. The minimum atomic E-state index is -0.710. The van der Waals surface area contributed by atoms with Crippen LogP contribution in [-0.2, 0) is 0 Å². The van der Waals surface area contributed by atoms with E-state index in [0.29, 0.717) is 11.4 Å². The molecule has 0 N–H and O–H groups in total. The minimum absolute atomic E-state index is 0.185. The van der Waals surface area contributed by atoms with E-state index < -0.39 is 22.0 Å². The molecule has 0 saturated heterocycles. The van der Waals surface area contributed by atoms with Crippen molar-refractivity contribution in [1.29, 1.82) is 0 Å². The third-order valence-corrected chi connectivity index (χ3v) is 4.48. The van der Waals surface area contributed by atoms with Crippen LogP contribution in [0.1, 0.15) is 0 Å². The first-order valence-electron chi connectivity index (χ1n) is 8.06. The van der Waals surface area contributed by atoms with Crippen molar-refractivity contribution in [3.8, 4) is 22.8 Å². The van der Waals surface area contributed by atoms with Crippen molar-refractivity contribution >= 4 is 21.7 Å². The fourth-order valence-electron chi connectivity index (χ4n) is 2.43. The SMILES string of the molecule is O=c1nc2ccnc-2c1=O.O=c1nc2ccnc-2c1=O.c1ccc2snnc2c1. The third-order valence-electron chi connectivity index (χ3n) is 3.77. The Kier molecular flexibility index (Phi) is 4.71. The molecule has 11 heteroatoms. The number of hydrogen-bond donors (Lipinski definition) is 0. The number of fused-ring (bicyclic) bond motifs is 3. The Labute approximate surface area is 164 Å². The quantitative estimate of drug-likeness (QED) is 0.318. The number of hydrogen-bond acceptors (Lipinski definition) is 11. The van der Waals surface area contributed by atoms with Gasteiger partial charge in [0.2, 0.25) is 0 Å². The first kappa shape index (κ1) is 18.3. The third kappa shape index (κ3) is 3.53. The Morgan fingerprint density at radius 1 is 0.690 bits per heavy atom. The zero-order valence-corrected chi connectivity index (χ0v) is 15.2. The summed E-state index contributed by atoms with van der Waals surface area (Å²) >= 11 is 1.43. The van der Waals surface area contributed by atoms with E-state index in [0.717, 1.165) is 10.2 Å². The molecule has 0 bridgehead atoms. The van der Waals surface area contributed by atoms with Crippen LogP contribution in [0.15, 0.2) is 68.0 Å². The van der Waals surface area contributed by atoms with Crippen LogP contribution in [0.4, 0.5) is 0 Å². The van der Waals surface area contributed by atoms with Crippen LogP contribution in [0.25, 0.3) is 33.0 Å². The molecule has 0 unspecified atom stereocenters. The van der Waals surface area contributed by atoms with Crippen molar-refractivity contribution in [3.63, 3.8) is 0 Å². The standard InChI is InChI=1S/2C6H2N2O2.C6H4N2S/c2*9-5-4-3(1-2-7-4)8-6(5)10;1-2-4-6-5(3-1)7-8-9-6/h2*1-2H;1-4H. The fraction of sp³-hybridized carbons (Fsp3) is 0. The first-order valence-corrected chi connectivity index (χ1v) is 8.83. The van der Waals surface area contributed by atoms with Crippen molar-refractivity contribution in [1.82, 2.24) is 29.5 Å². The molecule has 10 nitrogen and oxygen atoms in total. The molecule has 4 aliphatic heterocycles. The lowest BCUT2D eigenvalue weighted by atomic mass is 10.3. The lowest BCUT2D eigenvalue weighted by Crippen LogP contribution is -2.19. The second-order valence-electron chi connectivity index (χ2n) is 5.59. The summed E-state index contributed by atoms with van der Waals surface area (Å²) in [5.41, 5.74) is -0.460. The van der Waals surface area contributed by atoms with E-state index in [1.54, 1.807) is 0 Å². The lowest BCUT2D eigenvalue weighted by molar-refractivity contribution is 1.20. The van der Waals surface area contributed by atoms with E-state index in [1.807, 2.05) is 24.3 Å². The van der Waals surface area contributed by atoms with Gasteiger partial charge in [-0.15, -0.1) is 5.10 Å². The Morgan fingerprint density at radius 3 is 1.76 bits per heavy atom. The van der Waals surface area contributed by atoms with Gasteiger partial charge in [0.15, 0.2) is 0 Å². The van der Waals surface area contributed by atoms with E-state index >= 15 is 0 Å². The summed E-state index contributed by atoms with van der Waals surface area (Å²) in [7, 11) is 0. The Morgan fingerprint density at radius 2 is 1.24 bits per heavy atom. The topological polar surface area (TPSA) is 146 Å². The van der Waals surface area contributed by atoms with E-state index in [9.17, 15) is 19.2 Å². The molecule has 5 heterocycles. The monoisotopic (exact) mass is 404 g/mol. The summed E-state index contributed by atoms with van der Waals surface area (Å²) in [6, 6.07) is 11.0. The molecule has 2 aromatic rings. The average molecular weight is 404 g/mol. The van der Waals surface area contributed by atoms with Gasteiger partial charge >= 0.3 is 11.1 Å². The molecule has 0 fully saturated rings. The molecule has 0 spiro atoms. The molecule has 1 aromatic heterocycles. The smallest absolute Gasteiger partial charge is 0.281 e. The predicted molar refractivity (Wildman–Crippen MR) is 105 cm³/mol. The summed E-state index contributed by atoms with van der Waals surface area (Å²) in [6.45, 7) is 0. The maximum atomic E-state index is 10.8. The first-order chi connectivity index (χ1) is 14.0. The largest absolute Gasteiger partial charge is 0.320 e. The van der Waals surface area contributed by atoms with Gasteiger partial charge in [0.1, 0.15) is 16.9 Å². The van der Waals surface area contributed by atoms with Crippen LogP contribution in [0, 0.1) is 0 Å². The van der Waals surface area contributed by atoms with Gasteiger partial charge in [-0.05, 0) is 35.8 Å². The fourth-order valence-corrected chi connectivity index (χ4v) is 2.99. The van der Waals surface area contributed by atoms with E-state index in [2.05, 4.69) is 29.5 Å². The van der Waals surface area contributed by atoms with Crippen LogP contribution in [-0.4, -0.2) is 29.5 Å². The van der Waals surface area contributed by atoms with Gasteiger partial charge < -0.3 is 0 Å². The Bertz CT molecular complexity index is 1400. The van der Waals surface area contributed by atoms with Gasteiger partial charge in [0, 0.05) is 12.4 Å². The lowest BCUT2D eigenvalue weighted by Gasteiger charge is -1.78. The van der Waals surface area contributed by atoms with Gasteiger partial charge in [-0.3, -0.25) is 29.1 Å². The second kappa shape index (κ2) is 7.48. The minimum Gasteiger partial charge on any atom is -0.281 e. The summed E-state index contributed by atoms with van der Waals surface area (Å²) < 4.78 is 4.94. The molecule has 0 radical (unpaired) electrons. The van der Waals surface area contributed by atoms with Crippen molar-refractivity contribution in [2.24, 2.45) is 0 Å². The zero-order valence-electron chi connectivity index (χ0n) is 14.3. The van der Waals surface area contributed by atoms with Crippen molar-refractivity contribution < 1.29 is 0 Å². The Hall–Kier alpha value is -4.12. The highest BCUT2D eigenvalue weighted by atomic mass is 32.1. The van der Waals surface area contributed by atoms with Crippen molar-refractivity contribution in [2.45, 2.75) is 0 Å². The van der Waals surface area contributed by atoms with E-state index in [4.69, 9.17) is 0 Å². The zero-order chi connectivity index (χ0) is 20.4. The number of benzene rings is 1. The van der Waals surface area contributed by atoms with Crippen LogP contribution < -0.4 is 22.0 Å². The number of aromatic nitrogens is 6. The van der Waals surface area contributed by atoms with Gasteiger partial charge in [-0.2, -0.15) is 0 Å². The predicted octanol–water partition coefficient (Wildman–Crippen LogP) is 0.0461. The van der Waals surface area contributed by atoms with Crippen LogP contribution in [0.3, 0.4) is 0 Å². The van der Waals surface area contributed by atoms with Gasteiger partial charge in [0.25, 0.3) is 10.9 Å². The van der Waals surface area contributed by atoms with Crippen molar-refractivity contribution in [2.75, 3.05) is 0 Å². The highest BCUT2D eigenvalue weighted by Gasteiger charge is 2.15. The summed E-state index contributed by atoms with van der Waals surface area (Å²) in [5, 5.41) is 3.89. The van der Waals surface area contributed by atoms with E-state index in [1.165, 1.54) is 36.1 Å². The molecule has 0 aliphatic carbocycles. The Balaban J connectivity index is 0.000000106.